The van der Waals surface area contributed by atoms with E-state index in [1.54, 1.807) is 0 Å². The lowest BCUT2D eigenvalue weighted by atomic mass is 10.1. The van der Waals surface area contributed by atoms with Crippen LogP contribution in [0.5, 0.6) is 5.75 Å². The Morgan fingerprint density at radius 1 is 1.29 bits per heavy atom. The molecule has 1 aliphatic rings. The Hall–Kier alpha value is -1.90. The van der Waals surface area contributed by atoms with Gasteiger partial charge in [0.05, 0.1) is 10.0 Å². The van der Waals surface area contributed by atoms with Crippen molar-refractivity contribution in [1.82, 2.24) is 5.32 Å². The summed E-state index contributed by atoms with van der Waals surface area (Å²) in [6.45, 7) is 0.842. The third kappa shape index (κ3) is 4.34. The number of nitrogens with zero attached hydrogens (tertiary/aromatic N) is 1. The van der Waals surface area contributed by atoms with Crippen LogP contribution < -0.4 is 10.1 Å². The van der Waals surface area contributed by atoms with Crippen LogP contribution in [0.4, 0.5) is 4.39 Å². The molecule has 3 rings (SSSR count). The first kappa shape index (κ1) is 16.9. The number of hydrogen-bond donors (Lipinski definition) is 1. The highest BCUT2D eigenvalue weighted by Gasteiger charge is 2.22. The molecule has 1 fully saturated rings. The molecule has 3 nitrogen and oxygen atoms in total. The van der Waals surface area contributed by atoms with Gasteiger partial charge in [-0.15, -0.1) is 0 Å². The van der Waals surface area contributed by atoms with Crippen LogP contribution in [0, 0.1) is 17.1 Å². The molecule has 0 bridgehead atoms. The van der Waals surface area contributed by atoms with E-state index in [9.17, 15) is 9.65 Å². The number of ether oxygens (including phenoxy) is 1. The van der Waals surface area contributed by atoms with Crippen LogP contribution in [0.15, 0.2) is 46.9 Å². The van der Waals surface area contributed by atoms with Crippen LogP contribution in [0.3, 0.4) is 0 Å². The van der Waals surface area contributed by atoms with Crippen LogP contribution >= 0.6 is 15.9 Å². The molecule has 0 aromatic heterocycles. The van der Waals surface area contributed by atoms with E-state index in [-0.39, 0.29) is 11.7 Å². The molecule has 1 saturated carbocycles. The summed E-state index contributed by atoms with van der Waals surface area (Å²) < 4.78 is 20.0. The summed E-state index contributed by atoms with van der Waals surface area (Å²) in [4.78, 5) is 0. The third-order valence-electron chi connectivity index (χ3n) is 4.00. The molecule has 124 valence electrons. The summed E-state index contributed by atoms with van der Waals surface area (Å²) in [6.07, 6.45) is 3.06. The molecule has 1 atom stereocenters. The van der Waals surface area contributed by atoms with Gasteiger partial charge in [-0.3, -0.25) is 0 Å². The summed E-state index contributed by atoms with van der Waals surface area (Å²) >= 11 is 3.16. The zero-order valence-corrected chi connectivity index (χ0v) is 14.7. The molecule has 0 aliphatic heterocycles. The van der Waals surface area contributed by atoms with E-state index in [1.807, 2.05) is 36.4 Å². The molecule has 5 heteroatoms. The van der Waals surface area contributed by atoms with Gasteiger partial charge in [-0.1, -0.05) is 30.3 Å². The van der Waals surface area contributed by atoms with Gasteiger partial charge in [-0.25, -0.2) is 4.39 Å². The lowest BCUT2D eigenvalue weighted by molar-refractivity contribution is 0.193. The second-order valence-corrected chi connectivity index (χ2v) is 6.76. The Morgan fingerprint density at radius 2 is 2.04 bits per heavy atom. The average Bonchev–Trinajstić information content (AvgIpc) is 3.42. The molecule has 0 heterocycles. The number of nitrogens with one attached hydrogen (secondary N) is 1. The van der Waals surface area contributed by atoms with Crippen LogP contribution in [0.2, 0.25) is 0 Å². The zero-order valence-electron chi connectivity index (χ0n) is 13.1. The Labute approximate surface area is 149 Å². The van der Waals surface area contributed by atoms with Crippen LogP contribution in [-0.2, 0) is 0 Å². The smallest absolute Gasteiger partial charge is 0.139 e. The topological polar surface area (TPSA) is 45.0 Å². The van der Waals surface area contributed by atoms with E-state index in [4.69, 9.17) is 4.74 Å². The number of hydrogen-bond acceptors (Lipinski definition) is 3. The van der Waals surface area contributed by atoms with Crippen molar-refractivity contribution in [1.29, 1.82) is 5.26 Å². The maximum Gasteiger partial charge on any atom is 0.139 e. The fourth-order valence-electron chi connectivity index (χ4n) is 2.53. The molecule has 24 heavy (non-hydrogen) atoms. The van der Waals surface area contributed by atoms with Crippen LogP contribution in [0.25, 0.3) is 0 Å². The van der Waals surface area contributed by atoms with Crippen molar-refractivity contribution in [2.24, 2.45) is 0 Å². The highest BCUT2D eigenvalue weighted by Crippen LogP contribution is 2.31. The minimum atomic E-state index is -0.467. The van der Waals surface area contributed by atoms with Gasteiger partial charge in [0, 0.05) is 12.5 Å². The number of rotatable bonds is 7. The molecule has 0 saturated heterocycles. The van der Waals surface area contributed by atoms with E-state index in [0.29, 0.717) is 16.3 Å². The van der Waals surface area contributed by atoms with Crippen molar-refractivity contribution >= 4 is 15.9 Å². The average molecular weight is 389 g/mol. The number of benzene rings is 2. The molecule has 1 aliphatic carbocycles. The Balaban J connectivity index is 1.80. The zero-order chi connectivity index (χ0) is 16.9. The fourth-order valence-corrected chi connectivity index (χ4v) is 2.86. The molecule has 0 radical (unpaired) electrons. The maximum absolute atomic E-state index is 13.6. The molecule has 0 spiro atoms. The quantitative estimate of drug-likeness (QED) is 0.745. The predicted octanol–water partition coefficient (Wildman–Crippen LogP) is 4.72. The molecule has 0 amide bonds. The lowest BCUT2D eigenvalue weighted by Gasteiger charge is -2.21. The van der Waals surface area contributed by atoms with Crippen LogP contribution in [-0.4, -0.2) is 12.6 Å². The van der Waals surface area contributed by atoms with Gasteiger partial charge >= 0.3 is 0 Å². The summed E-state index contributed by atoms with van der Waals surface area (Å²) in [5, 5.41) is 12.7. The van der Waals surface area contributed by atoms with Crippen molar-refractivity contribution < 1.29 is 9.13 Å². The summed E-state index contributed by atoms with van der Waals surface area (Å²) in [5.41, 5.74) is 1.24. The largest absolute Gasteiger partial charge is 0.484 e. The van der Waals surface area contributed by atoms with Crippen molar-refractivity contribution in [3.8, 4) is 11.8 Å². The van der Waals surface area contributed by atoms with Gasteiger partial charge in [0.15, 0.2) is 0 Å². The Morgan fingerprint density at radius 3 is 2.71 bits per heavy atom. The SMILES string of the molecule is N#Cc1cc(F)c(Br)cc1OC(CCNC1CC1)c1ccccc1. The summed E-state index contributed by atoms with van der Waals surface area (Å²) in [5.74, 6) is -0.0726. The van der Waals surface area contributed by atoms with E-state index >= 15 is 0 Å². The first-order valence-corrected chi connectivity index (χ1v) is 8.81. The Bertz CT molecular complexity index is 741. The fraction of sp³-hybridized carbons (Fsp3) is 0.316. The van der Waals surface area contributed by atoms with Crippen molar-refractivity contribution in [3.63, 3.8) is 0 Å². The first-order valence-electron chi connectivity index (χ1n) is 8.01. The van der Waals surface area contributed by atoms with Crippen LogP contribution in [0.1, 0.15) is 36.5 Å². The monoisotopic (exact) mass is 388 g/mol. The summed E-state index contributed by atoms with van der Waals surface area (Å²) in [7, 11) is 0. The standard InChI is InChI=1S/C19H18BrFN2O/c20-16-11-19(14(12-22)10-17(16)21)24-18(8-9-23-15-6-7-15)13-4-2-1-3-5-13/h1-5,10-11,15,18,23H,6-9H2. The maximum atomic E-state index is 13.6. The van der Waals surface area contributed by atoms with E-state index in [0.717, 1.165) is 18.5 Å². The minimum Gasteiger partial charge on any atom is -0.484 e. The lowest BCUT2D eigenvalue weighted by Crippen LogP contribution is -2.21. The van der Waals surface area contributed by atoms with Gasteiger partial charge in [0.25, 0.3) is 0 Å². The normalized spacial score (nSPS) is 14.9. The first-order chi connectivity index (χ1) is 11.7. The van der Waals surface area contributed by atoms with Gasteiger partial charge in [-0.2, -0.15) is 5.26 Å². The second-order valence-electron chi connectivity index (χ2n) is 5.91. The molecule has 1 unspecified atom stereocenters. The van der Waals surface area contributed by atoms with E-state index in [1.165, 1.54) is 25.0 Å². The number of halogens is 2. The van der Waals surface area contributed by atoms with Gasteiger partial charge in [0.2, 0.25) is 0 Å². The number of nitriles is 1. The highest BCUT2D eigenvalue weighted by molar-refractivity contribution is 9.10. The van der Waals surface area contributed by atoms with Gasteiger partial charge < -0.3 is 10.1 Å². The molecule has 2 aromatic rings. The third-order valence-corrected chi connectivity index (χ3v) is 4.61. The van der Waals surface area contributed by atoms with Gasteiger partial charge in [0.1, 0.15) is 23.7 Å². The molecule has 1 N–H and O–H groups in total. The molecular formula is C19H18BrFN2O. The molecular weight excluding hydrogens is 371 g/mol. The Kier molecular flexibility index (Phi) is 5.49. The predicted molar refractivity (Wildman–Crippen MR) is 94.3 cm³/mol. The van der Waals surface area contributed by atoms with E-state index in [2.05, 4.69) is 21.2 Å². The van der Waals surface area contributed by atoms with Crippen molar-refractivity contribution in [2.75, 3.05) is 6.54 Å². The van der Waals surface area contributed by atoms with Gasteiger partial charge in [-0.05, 0) is 53.0 Å². The molecule has 2 aromatic carbocycles. The second kappa shape index (κ2) is 7.78. The summed E-state index contributed by atoms with van der Waals surface area (Å²) in [6, 6.07) is 15.3. The van der Waals surface area contributed by atoms with Crippen molar-refractivity contribution in [3.05, 3.63) is 63.9 Å². The van der Waals surface area contributed by atoms with Crippen molar-refractivity contribution in [2.45, 2.75) is 31.4 Å². The highest BCUT2D eigenvalue weighted by atomic mass is 79.9. The minimum absolute atomic E-state index is 0.193. The van der Waals surface area contributed by atoms with E-state index < -0.39 is 5.82 Å².